The number of benzene rings is 1. The van der Waals surface area contributed by atoms with Crippen molar-refractivity contribution in [1.82, 2.24) is 0 Å². The molecule has 2 aromatic rings. The Labute approximate surface area is 117 Å². The molecule has 1 heterocycles. The maximum atomic E-state index is 11.9. The largest absolute Gasteiger partial charge is 0.472 e. The predicted octanol–water partition coefficient (Wildman–Crippen LogP) is 2.39. The van der Waals surface area contributed by atoms with Crippen LogP contribution in [-0.2, 0) is 0 Å². The van der Waals surface area contributed by atoms with Crippen LogP contribution in [0.1, 0.15) is 15.9 Å². The molecule has 19 heavy (non-hydrogen) atoms. The minimum absolute atomic E-state index is 0.0937. The second kappa shape index (κ2) is 5.57. The molecule has 6 nitrogen and oxygen atoms in total. The van der Waals surface area contributed by atoms with Gasteiger partial charge >= 0.3 is 0 Å². The number of amides is 1. The van der Waals surface area contributed by atoms with E-state index in [4.69, 9.17) is 15.4 Å². The van der Waals surface area contributed by atoms with Crippen LogP contribution in [-0.4, -0.2) is 17.0 Å². The van der Waals surface area contributed by atoms with Gasteiger partial charge in [0.15, 0.2) is 5.84 Å². The quantitative estimate of drug-likeness (QED) is 0.349. The maximum Gasteiger partial charge on any atom is 0.258 e. The van der Waals surface area contributed by atoms with Gasteiger partial charge in [-0.15, -0.1) is 0 Å². The van der Waals surface area contributed by atoms with Gasteiger partial charge in [-0.05, 0) is 24.3 Å². The van der Waals surface area contributed by atoms with Crippen LogP contribution in [0.25, 0.3) is 0 Å². The number of rotatable bonds is 3. The molecule has 0 fully saturated rings. The van der Waals surface area contributed by atoms with Crippen LogP contribution in [0.5, 0.6) is 0 Å². The highest BCUT2D eigenvalue weighted by Gasteiger charge is 2.13. The first-order valence-corrected chi connectivity index (χ1v) is 6.02. The molecule has 0 atom stereocenters. The summed E-state index contributed by atoms with van der Waals surface area (Å²) in [5, 5.41) is 14.3. The molecular formula is C12H10BrN3O3. The van der Waals surface area contributed by atoms with Crippen molar-refractivity contribution in [3.8, 4) is 0 Å². The lowest BCUT2D eigenvalue weighted by atomic mass is 10.1. The van der Waals surface area contributed by atoms with E-state index in [1.54, 1.807) is 18.2 Å². The Morgan fingerprint density at radius 1 is 1.42 bits per heavy atom. The number of furan rings is 1. The van der Waals surface area contributed by atoms with Gasteiger partial charge in [-0.25, -0.2) is 0 Å². The number of halogens is 1. The zero-order valence-electron chi connectivity index (χ0n) is 9.63. The molecule has 0 saturated heterocycles. The van der Waals surface area contributed by atoms with Gasteiger partial charge in [-0.1, -0.05) is 21.1 Å². The highest BCUT2D eigenvalue weighted by molar-refractivity contribution is 9.10. The van der Waals surface area contributed by atoms with Crippen LogP contribution < -0.4 is 11.1 Å². The van der Waals surface area contributed by atoms with Crippen molar-refractivity contribution in [2.24, 2.45) is 10.9 Å². The van der Waals surface area contributed by atoms with Crippen LogP contribution in [0.4, 0.5) is 5.69 Å². The van der Waals surface area contributed by atoms with E-state index in [2.05, 4.69) is 26.4 Å². The molecule has 4 N–H and O–H groups in total. The molecule has 0 radical (unpaired) electrons. The van der Waals surface area contributed by atoms with Crippen LogP contribution in [0.15, 0.2) is 50.8 Å². The van der Waals surface area contributed by atoms with Gasteiger partial charge in [0.25, 0.3) is 5.91 Å². The van der Waals surface area contributed by atoms with E-state index in [9.17, 15) is 4.79 Å². The fourth-order valence-corrected chi connectivity index (χ4v) is 1.84. The average molecular weight is 324 g/mol. The second-order valence-corrected chi connectivity index (χ2v) is 4.56. The normalized spacial score (nSPS) is 11.3. The SMILES string of the molecule is N/C(=N/O)c1cc(Br)ccc1NC(=O)c1ccoc1. The van der Waals surface area contributed by atoms with Gasteiger partial charge in [0.1, 0.15) is 6.26 Å². The Hall–Kier alpha value is -2.28. The zero-order chi connectivity index (χ0) is 13.8. The number of oxime groups is 1. The van der Waals surface area contributed by atoms with Gasteiger partial charge in [0.05, 0.1) is 17.5 Å². The topological polar surface area (TPSA) is 101 Å². The molecule has 0 aliphatic rings. The molecule has 1 amide bonds. The summed E-state index contributed by atoms with van der Waals surface area (Å²) in [6.07, 6.45) is 2.73. The lowest BCUT2D eigenvalue weighted by Gasteiger charge is -2.09. The van der Waals surface area contributed by atoms with Gasteiger partial charge < -0.3 is 20.7 Å². The first-order valence-electron chi connectivity index (χ1n) is 5.23. The van der Waals surface area contributed by atoms with Crippen molar-refractivity contribution in [2.75, 3.05) is 5.32 Å². The minimum atomic E-state index is -0.344. The fraction of sp³-hybridized carbons (Fsp3) is 0. The number of nitrogens with zero attached hydrogens (tertiary/aromatic N) is 1. The summed E-state index contributed by atoms with van der Waals surface area (Å²) in [6.45, 7) is 0. The number of amidine groups is 1. The summed E-state index contributed by atoms with van der Waals surface area (Å²) in [4.78, 5) is 11.9. The number of carbonyl (C=O) groups is 1. The first kappa shape index (κ1) is 13.2. The molecule has 7 heteroatoms. The third-order valence-corrected chi connectivity index (χ3v) is 2.89. The molecule has 0 unspecified atom stereocenters. The Morgan fingerprint density at radius 2 is 2.21 bits per heavy atom. The molecule has 0 spiro atoms. The number of nitrogens with two attached hydrogens (primary N) is 1. The van der Waals surface area contributed by atoms with Crippen molar-refractivity contribution >= 4 is 33.4 Å². The maximum absolute atomic E-state index is 11.9. The van der Waals surface area contributed by atoms with Crippen LogP contribution in [0.2, 0.25) is 0 Å². The lowest BCUT2D eigenvalue weighted by molar-refractivity contribution is 0.102. The van der Waals surface area contributed by atoms with E-state index >= 15 is 0 Å². The van der Waals surface area contributed by atoms with E-state index in [0.29, 0.717) is 16.8 Å². The van der Waals surface area contributed by atoms with Gasteiger partial charge in [0, 0.05) is 10.0 Å². The average Bonchev–Trinajstić information content (AvgIpc) is 2.94. The van der Waals surface area contributed by atoms with Crippen molar-refractivity contribution in [1.29, 1.82) is 0 Å². The Balaban J connectivity index is 2.32. The van der Waals surface area contributed by atoms with E-state index in [0.717, 1.165) is 4.47 Å². The van der Waals surface area contributed by atoms with Gasteiger partial charge in [-0.2, -0.15) is 0 Å². The lowest BCUT2D eigenvalue weighted by Crippen LogP contribution is -2.19. The molecule has 98 valence electrons. The summed E-state index contributed by atoms with van der Waals surface area (Å²) >= 11 is 3.28. The molecule has 0 bridgehead atoms. The van der Waals surface area contributed by atoms with Crippen molar-refractivity contribution in [2.45, 2.75) is 0 Å². The first-order chi connectivity index (χ1) is 9.11. The summed E-state index contributed by atoms with van der Waals surface area (Å²) in [7, 11) is 0. The van der Waals surface area contributed by atoms with E-state index < -0.39 is 0 Å². The summed E-state index contributed by atoms with van der Waals surface area (Å²) < 4.78 is 5.58. The van der Waals surface area contributed by atoms with Gasteiger partial charge in [0.2, 0.25) is 0 Å². The smallest absolute Gasteiger partial charge is 0.258 e. The predicted molar refractivity (Wildman–Crippen MR) is 73.3 cm³/mol. The monoisotopic (exact) mass is 323 g/mol. The molecule has 2 rings (SSSR count). The summed E-state index contributed by atoms with van der Waals surface area (Å²) in [5.74, 6) is -0.438. The number of hydrogen-bond acceptors (Lipinski definition) is 4. The number of nitrogens with one attached hydrogen (secondary N) is 1. The van der Waals surface area contributed by atoms with Crippen LogP contribution >= 0.6 is 15.9 Å². The minimum Gasteiger partial charge on any atom is -0.472 e. The highest BCUT2D eigenvalue weighted by atomic mass is 79.9. The van der Waals surface area contributed by atoms with Crippen molar-refractivity contribution in [3.05, 3.63) is 52.4 Å². The number of hydrogen-bond donors (Lipinski definition) is 3. The number of anilines is 1. The summed E-state index contributed by atoms with van der Waals surface area (Å²) in [6, 6.07) is 6.56. The third-order valence-electron chi connectivity index (χ3n) is 2.40. The highest BCUT2D eigenvalue weighted by Crippen LogP contribution is 2.21. The van der Waals surface area contributed by atoms with E-state index in [1.807, 2.05) is 0 Å². The molecule has 1 aromatic carbocycles. The molecule has 1 aromatic heterocycles. The van der Waals surface area contributed by atoms with Crippen molar-refractivity contribution < 1.29 is 14.4 Å². The van der Waals surface area contributed by atoms with E-state index in [1.165, 1.54) is 18.6 Å². The summed E-state index contributed by atoms with van der Waals surface area (Å²) in [5.41, 5.74) is 6.80. The van der Waals surface area contributed by atoms with E-state index in [-0.39, 0.29) is 11.7 Å². The Kier molecular flexibility index (Phi) is 3.86. The van der Waals surface area contributed by atoms with Crippen molar-refractivity contribution in [3.63, 3.8) is 0 Å². The second-order valence-electron chi connectivity index (χ2n) is 3.64. The zero-order valence-corrected chi connectivity index (χ0v) is 11.2. The Morgan fingerprint density at radius 3 is 2.84 bits per heavy atom. The van der Waals surface area contributed by atoms with Crippen LogP contribution in [0.3, 0.4) is 0 Å². The molecule has 0 aliphatic heterocycles. The third kappa shape index (κ3) is 2.94. The Bertz CT molecular complexity index is 623. The molecule has 0 aliphatic carbocycles. The molecular weight excluding hydrogens is 314 g/mol. The van der Waals surface area contributed by atoms with Gasteiger partial charge in [-0.3, -0.25) is 4.79 Å². The number of carbonyl (C=O) groups excluding carboxylic acids is 1. The van der Waals surface area contributed by atoms with Crippen LogP contribution in [0, 0.1) is 0 Å². The standard InChI is InChI=1S/C12H10BrN3O3/c13-8-1-2-10(9(5-8)11(14)16-18)15-12(17)7-3-4-19-6-7/h1-6,18H,(H2,14,16)(H,15,17). The fourth-order valence-electron chi connectivity index (χ4n) is 1.48. The molecule has 0 saturated carbocycles.